The topological polar surface area (TPSA) is 0 Å². The molecule has 1 aromatic rings. The van der Waals surface area contributed by atoms with Gasteiger partial charge in [-0.25, -0.2) is 0 Å². The van der Waals surface area contributed by atoms with Crippen molar-refractivity contribution in [3.05, 3.63) is 57.5 Å². The van der Waals surface area contributed by atoms with Gasteiger partial charge in [0.15, 0.2) is 0 Å². The van der Waals surface area contributed by atoms with Crippen LogP contribution >= 0.6 is 0 Å². The monoisotopic (exact) mass is 238 g/mol. The Morgan fingerprint density at radius 2 is 1.39 bits per heavy atom. The summed E-state index contributed by atoms with van der Waals surface area (Å²) in [5.41, 5.74) is 5.03. The second kappa shape index (κ2) is 6.20. The highest BCUT2D eigenvalue weighted by Crippen LogP contribution is 2.17. The normalized spacial score (nSPS) is 12.8. The van der Waals surface area contributed by atoms with Crippen molar-refractivity contribution in [2.45, 2.75) is 27.7 Å². The molecule has 0 aliphatic rings. The van der Waals surface area contributed by atoms with Crippen molar-refractivity contribution in [1.29, 1.82) is 0 Å². The third-order valence-corrected chi connectivity index (χ3v) is 3.23. The Labute approximate surface area is 110 Å². The minimum atomic E-state index is 1.09. The Balaban J connectivity index is 3.94. The maximum atomic E-state index is 4.21. The molecule has 1 aromatic carbocycles. The summed E-state index contributed by atoms with van der Waals surface area (Å²) in [7, 11) is 0. The van der Waals surface area contributed by atoms with Gasteiger partial charge in [0.2, 0.25) is 0 Å². The van der Waals surface area contributed by atoms with Crippen LogP contribution in [0.2, 0.25) is 0 Å². The van der Waals surface area contributed by atoms with E-state index in [1.807, 2.05) is 26.0 Å². The molecule has 0 bridgehead atoms. The fraction of sp³-hybridized carbons (Fsp3) is 0.222. The smallest absolute Gasteiger partial charge is 0.0149 e. The first kappa shape index (κ1) is 14.2. The van der Waals surface area contributed by atoms with E-state index in [2.05, 4.69) is 51.3 Å². The summed E-state index contributed by atoms with van der Waals surface area (Å²) in [5, 5.41) is 2.28. The van der Waals surface area contributed by atoms with Gasteiger partial charge in [0.25, 0.3) is 0 Å². The zero-order valence-electron chi connectivity index (χ0n) is 11.9. The highest BCUT2D eigenvalue weighted by Gasteiger charge is 2.07. The van der Waals surface area contributed by atoms with Crippen LogP contribution in [0.5, 0.6) is 0 Å². The molecule has 0 atom stereocenters. The maximum absolute atomic E-state index is 4.21. The molecule has 0 unspecified atom stereocenters. The van der Waals surface area contributed by atoms with Crippen molar-refractivity contribution < 1.29 is 0 Å². The summed E-state index contributed by atoms with van der Waals surface area (Å²) >= 11 is 0. The summed E-state index contributed by atoms with van der Waals surface area (Å²) in [6, 6.07) is 0. The predicted octanol–water partition coefficient (Wildman–Crippen LogP) is 3.75. The van der Waals surface area contributed by atoms with E-state index in [-0.39, 0.29) is 0 Å². The molecule has 0 aromatic heterocycles. The van der Waals surface area contributed by atoms with Crippen molar-refractivity contribution >= 4 is 24.8 Å². The molecule has 0 radical (unpaired) electrons. The van der Waals surface area contributed by atoms with Gasteiger partial charge in [-0.2, -0.15) is 0 Å². The van der Waals surface area contributed by atoms with Gasteiger partial charge >= 0.3 is 0 Å². The van der Waals surface area contributed by atoms with E-state index >= 15 is 0 Å². The Bertz CT molecular complexity index is 611. The summed E-state index contributed by atoms with van der Waals surface area (Å²) in [4.78, 5) is 0. The molecule has 0 saturated carbocycles. The summed E-state index contributed by atoms with van der Waals surface area (Å²) < 4.78 is 0. The van der Waals surface area contributed by atoms with Crippen LogP contribution in [0.1, 0.15) is 36.1 Å². The minimum absolute atomic E-state index is 1.09. The highest BCUT2D eigenvalue weighted by atomic mass is 14.1. The molecular formula is C18H22. The lowest BCUT2D eigenvalue weighted by Crippen LogP contribution is -2.30. The number of allylic oxidation sites excluding steroid dienone is 3. The Kier molecular flexibility index (Phi) is 4.91. The van der Waals surface area contributed by atoms with Crippen LogP contribution < -0.4 is 10.4 Å². The molecule has 0 amide bonds. The number of benzene rings is 1. The standard InChI is InChI=1S/C18H22/c1-7-10-16-13(4)14(5)17(11-8-2)18(12-9-3)15(16)6/h7-12H,1,4H2,2-3,5-6H3/b11-8-,12-9-,16-10+. The van der Waals surface area contributed by atoms with Crippen LogP contribution in [0.15, 0.2) is 24.8 Å². The van der Waals surface area contributed by atoms with Gasteiger partial charge < -0.3 is 0 Å². The first-order chi connectivity index (χ1) is 8.58. The molecule has 0 N–H and O–H groups in total. The molecule has 0 heteroatoms. The van der Waals surface area contributed by atoms with E-state index in [1.165, 1.54) is 27.5 Å². The molecule has 0 saturated heterocycles. The van der Waals surface area contributed by atoms with Crippen LogP contribution in [-0.2, 0) is 0 Å². The summed E-state index contributed by atoms with van der Waals surface area (Å²) in [6.07, 6.45) is 12.3. The summed E-state index contributed by atoms with van der Waals surface area (Å²) in [6.45, 7) is 16.4. The number of hydrogen-bond donors (Lipinski definition) is 0. The van der Waals surface area contributed by atoms with Gasteiger partial charge in [0.05, 0.1) is 0 Å². The Morgan fingerprint density at radius 3 is 1.83 bits per heavy atom. The van der Waals surface area contributed by atoms with Crippen molar-refractivity contribution in [2.75, 3.05) is 0 Å². The zero-order valence-corrected chi connectivity index (χ0v) is 11.9. The maximum Gasteiger partial charge on any atom is -0.0149 e. The highest BCUT2D eigenvalue weighted by molar-refractivity contribution is 5.71. The Morgan fingerprint density at radius 1 is 0.889 bits per heavy atom. The first-order valence-electron chi connectivity index (χ1n) is 6.28. The van der Waals surface area contributed by atoms with Crippen molar-refractivity contribution in [3.8, 4) is 0 Å². The van der Waals surface area contributed by atoms with Crippen LogP contribution in [0.3, 0.4) is 0 Å². The van der Waals surface area contributed by atoms with Crippen LogP contribution in [-0.4, -0.2) is 0 Å². The molecular weight excluding hydrogens is 216 g/mol. The van der Waals surface area contributed by atoms with Gasteiger partial charge in [-0.1, -0.05) is 49.6 Å². The average Bonchev–Trinajstić information content (AvgIpc) is 2.36. The molecule has 0 nitrogen and oxygen atoms in total. The lowest BCUT2D eigenvalue weighted by molar-refractivity contribution is 1.27. The van der Waals surface area contributed by atoms with Gasteiger partial charge in [-0.05, 0) is 60.4 Å². The second-order valence-electron chi connectivity index (χ2n) is 4.37. The molecule has 0 spiro atoms. The van der Waals surface area contributed by atoms with Crippen molar-refractivity contribution in [2.24, 2.45) is 0 Å². The van der Waals surface area contributed by atoms with E-state index in [1.54, 1.807) is 0 Å². The fourth-order valence-electron chi connectivity index (χ4n) is 2.25. The minimum Gasteiger partial charge on any atom is -0.0990 e. The zero-order chi connectivity index (χ0) is 13.7. The second-order valence-corrected chi connectivity index (χ2v) is 4.37. The molecule has 0 aliphatic carbocycles. The molecule has 94 valence electrons. The van der Waals surface area contributed by atoms with Gasteiger partial charge in [-0.15, -0.1) is 0 Å². The molecule has 0 heterocycles. The van der Waals surface area contributed by atoms with Gasteiger partial charge in [0.1, 0.15) is 0 Å². The fourth-order valence-corrected chi connectivity index (χ4v) is 2.25. The molecule has 18 heavy (non-hydrogen) atoms. The van der Waals surface area contributed by atoms with E-state index in [0.717, 1.165) is 5.22 Å². The van der Waals surface area contributed by atoms with E-state index in [0.29, 0.717) is 0 Å². The lowest BCUT2D eigenvalue weighted by Gasteiger charge is -2.12. The van der Waals surface area contributed by atoms with Crippen LogP contribution in [0.25, 0.3) is 24.8 Å². The number of hydrogen-bond acceptors (Lipinski definition) is 0. The number of rotatable bonds is 3. The van der Waals surface area contributed by atoms with Gasteiger partial charge in [-0.3, -0.25) is 0 Å². The third kappa shape index (κ3) is 2.53. The van der Waals surface area contributed by atoms with Gasteiger partial charge in [0, 0.05) is 0 Å². The molecule has 0 aliphatic heterocycles. The van der Waals surface area contributed by atoms with E-state index in [9.17, 15) is 0 Å². The van der Waals surface area contributed by atoms with Crippen LogP contribution in [0, 0.1) is 13.8 Å². The first-order valence-corrected chi connectivity index (χ1v) is 6.28. The quantitative estimate of drug-likeness (QED) is 0.752. The van der Waals surface area contributed by atoms with Crippen molar-refractivity contribution in [1.82, 2.24) is 0 Å². The predicted molar refractivity (Wildman–Crippen MR) is 84.8 cm³/mol. The van der Waals surface area contributed by atoms with Crippen molar-refractivity contribution in [3.63, 3.8) is 0 Å². The van der Waals surface area contributed by atoms with E-state index < -0.39 is 0 Å². The SMILES string of the molecule is C=C/C=c1/c(C)c(/C=C\C)c(/C=C\C)c(C)c1=C. The Hall–Kier alpha value is -1.82. The third-order valence-electron chi connectivity index (χ3n) is 3.23. The molecule has 0 fully saturated rings. The molecule has 1 rings (SSSR count). The average molecular weight is 238 g/mol. The van der Waals surface area contributed by atoms with E-state index in [4.69, 9.17) is 0 Å². The lowest BCUT2D eigenvalue weighted by atomic mass is 9.92. The largest absolute Gasteiger partial charge is 0.0990 e. The summed E-state index contributed by atoms with van der Waals surface area (Å²) in [5.74, 6) is 0. The van der Waals surface area contributed by atoms with Crippen LogP contribution in [0.4, 0.5) is 0 Å².